The van der Waals surface area contributed by atoms with E-state index in [1.807, 2.05) is 0 Å². The lowest BCUT2D eigenvalue weighted by atomic mass is 10.2. The highest BCUT2D eigenvalue weighted by atomic mass is 16.6. The molecule has 0 aliphatic carbocycles. The van der Waals surface area contributed by atoms with Crippen LogP contribution in [0.1, 0.15) is 41.5 Å². The summed E-state index contributed by atoms with van der Waals surface area (Å²) in [7, 11) is 1.55. The van der Waals surface area contributed by atoms with Gasteiger partial charge in [-0.1, -0.05) is 0 Å². The fourth-order valence-corrected chi connectivity index (χ4v) is 1.58. The molecule has 0 bridgehead atoms. The maximum absolute atomic E-state index is 12.3. The van der Waals surface area contributed by atoms with Crippen LogP contribution in [0.25, 0.3) is 0 Å². The molecule has 0 aromatic heterocycles. The minimum Gasteiger partial charge on any atom is -0.497 e. The molecule has 0 atom stereocenters. The van der Waals surface area contributed by atoms with Crippen molar-refractivity contribution >= 4 is 17.9 Å². The highest BCUT2D eigenvalue weighted by Crippen LogP contribution is 2.19. The molecular weight excluding hydrogens is 312 g/mol. The Hall–Kier alpha value is -2.44. The number of benzene rings is 1. The van der Waals surface area contributed by atoms with Crippen molar-refractivity contribution in [3.05, 3.63) is 24.3 Å². The standard InChI is InChI=1S/C17H26N2O5/c1-16(2,3)23-14(20)19(15(21)24-17(4,5)6)18-12-8-10-13(22-7)11-9-12/h8-11,18H,1-7H3. The molecule has 2 amide bonds. The summed E-state index contributed by atoms with van der Waals surface area (Å²) in [4.78, 5) is 24.7. The summed E-state index contributed by atoms with van der Waals surface area (Å²) in [6.07, 6.45) is -1.71. The number of imide groups is 1. The number of ether oxygens (including phenoxy) is 3. The molecule has 0 unspecified atom stereocenters. The summed E-state index contributed by atoms with van der Waals surface area (Å²) in [5, 5.41) is 0.707. The summed E-state index contributed by atoms with van der Waals surface area (Å²) >= 11 is 0. The van der Waals surface area contributed by atoms with Gasteiger partial charge in [0.1, 0.15) is 17.0 Å². The number of anilines is 1. The lowest BCUT2D eigenvalue weighted by molar-refractivity contribution is 0.00643. The Morgan fingerprint density at radius 1 is 0.875 bits per heavy atom. The molecule has 0 spiro atoms. The molecule has 1 aromatic rings. The normalized spacial score (nSPS) is 11.5. The first-order valence-corrected chi connectivity index (χ1v) is 7.58. The monoisotopic (exact) mass is 338 g/mol. The van der Waals surface area contributed by atoms with E-state index in [4.69, 9.17) is 14.2 Å². The van der Waals surface area contributed by atoms with Gasteiger partial charge >= 0.3 is 12.2 Å². The lowest BCUT2D eigenvalue weighted by Crippen LogP contribution is -2.46. The first-order chi connectivity index (χ1) is 10.9. The summed E-state index contributed by atoms with van der Waals surface area (Å²) in [5.41, 5.74) is 1.71. The Morgan fingerprint density at radius 3 is 1.62 bits per heavy atom. The van der Waals surface area contributed by atoms with Crippen molar-refractivity contribution in [1.29, 1.82) is 0 Å². The first-order valence-electron chi connectivity index (χ1n) is 7.58. The van der Waals surface area contributed by atoms with Crippen LogP contribution in [0.3, 0.4) is 0 Å². The topological polar surface area (TPSA) is 77.1 Å². The van der Waals surface area contributed by atoms with E-state index < -0.39 is 23.4 Å². The number of amides is 2. The van der Waals surface area contributed by atoms with Gasteiger partial charge in [-0.3, -0.25) is 5.43 Å². The summed E-state index contributed by atoms with van der Waals surface area (Å²) in [6.45, 7) is 10.3. The van der Waals surface area contributed by atoms with E-state index in [1.54, 1.807) is 72.9 Å². The molecule has 0 heterocycles. The molecule has 24 heavy (non-hydrogen) atoms. The van der Waals surface area contributed by atoms with E-state index >= 15 is 0 Å². The van der Waals surface area contributed by atoms with Gasteiger partial charge in [-0.15, -0.1) is 5.01 Å². The molecule has 0 saturated carbocycles. The molecule has 0 saturated heterocycles. The number of carbonyl (C=O) groups excluding carboxylic acids is 2. The maximum Gasteiger partial charge on any atom is 0.439 e. The number of hydrazine groups is 1. The van der Waals surface area contributed by atoms with Gasteiger partial charge < -0.3 is 14.2 Å². The Labute approximate surface area is 142 Å². The van der Waals surface area contributed by atoms with E-state index in [9.17, 15) is 9.59 Å². The predicted molar refractivity (Wildman–Crippen MR) is 90.9 cm³/mol. The molecule has 7 nitrogen and oxygen atoms in total. The Bertz CT molecular complexity index is 542. The van der Waals surface area contributed by atoms with Crippen molar-refractivity contribution in [3.63, 3.8) is 0 Å². The van der Waals surface area contributed by atoms with E-state index in [0.29, 0.717) is 16.4 Å². The lowest BCUT2D eigenvalue weighted by Gasteiger charge is -2.29. The van der Waals surface area contributed by atoms with Crippen LogP contribution in [0, 0.1) is 0 Å². The Kier molecular flexibility index (Phi) is 6.06. The largest absolute Gasteiger partial charge is 0.497 e. The molecule has 0 radical (unpaired) electrons. The van der Waals surface area contributed by atoms with Gasteiger partial charge in [0.2, 0.25) is 0 Å². The number of nitrogens with one attached hydrogen (secondary N) is 1. The van der Waals surface area contributed by atoms with Crippen molar-refractivity contribution in [1.82, 2.24) is 5.01 Å². The second kappa shape index (κ2) is 7.42. The van der Waals surface area contributed by atoms with Crippen molar-refractivity contribution in [2.75, 3.05) is 12.5 Å². The summed E-state index contributed by atoms with van der Waals surface area (Å²) in [6, 6.07) is 6.73. The SMILES string of the molecule is COc1ccc(NN(C(=O)OC(C)(C)C)C(=O)OC(C)(C)C)cc1. The third-order valence-electron chi connectivity index (χ3n) is 2.48. The van der Waals surface area contributed by atoms with Gasteiger partial charge in [-0.25, -0.2) is 9.59 Å². The van der Waals surface area contributed by atoms with E-state index in [-0.39, 0.29) is 0 Å². The smallest absolute Gasteiger partial charge is 0.439 e. The van der Waals surface area contributed by atoms with Gasteiger partial charge in [0.15, 0.2) is 0 Å². The molecule has 0 aliphatic heterocycles. The summed E-state index contributed by atoms with van der Waals surface area (Å²) < 4.78 is 15.6. The van der Waals surface area contributed by atoms with Gasteiger partial charge in [-0.05, 0) is 65.8 Å². The fourth-order valence-electron chi connectivity index (χ4n) is 1.58. The molecular formula is C17H26N2O5. The Balaban J connectivity index is 2.98. The second-order valence-electron chi connectivity index (χ2n) is 7.14. The zero-order chi connectivity index (χ0) is 18.5. The van der Waals surface area contributed by atoms with Gasteiger partial charge in [-0.2, -0.15) is 0 Å². The molecule has 1 rings (SSSR count). The van der Waals surface area contributed by atoms with Crippen LogP contribution < -0.4 is 10.2 Å². The van der Waals surface area contributed by atoms with Gasteiger partial charge in [0, 0.05) is 0 Å². The highest BCUT2D eigenvalue weighted by molar-refractivity contribution is 5.89. The van der Waals surface area contributed by atoms with Crippen molar-refractivity contribution < 1.29 is 23.8 Å². The molecule has 1 aromatic carbocycles. The van der Waals surface area contributed by atoms with Crippen LogP contribution in [0.15, 0.2) is 24.3 Å². The van der Waals surface area contributed by atoms with E-state index in [1.165, 1.54) is 0 Å². The molecule has 1 N–H and O–H groups in total. The number of nitrogens with zero attached hydrogens (tertiary/aromatic N) is 1. The molecule has 7 heteroatoms. The minimum atomic E-state index is -0.854. The van der Waals surface area contributed by atoms with Crippen molar-refractivity contribution in [2.45, 2.75) is 52.7 Å². The third kappa shape index (κ3) is 6.76. The maximum atomic E-state index is 12.3. The predicted octanol–water partition coefficient (Wildman–Crippen LogP) is 4.19. The number of methoxy groups -OCH3 is 1. The molecule has 0 fully saturated rings. The van der Waals surface area contributed by atoms with E-state index in [2.05, 4.69) is 5.43 Å². The van der Waals surface area contributed by atoms with Crippen LogP contribution in [0.5, 0.6) is 5.75 Å². The van der Waals surface area contributed by atoms with Crippen LogP contribution in [-0.2, 0) is 9.47 Å². The van der Waals surface area contributed by atoms with E-state index in [0.717, 1.165) is 0 Å². The molecule has 0 aliphatic rings. The van der Waals surface area contributed by atoms with Crippen LogP contribution in [-0.4, -0.2) is 35.5 Å². The highest BCUT2D eigenvalue weighted by Gasteiger charge is 2.31. The van der Waals surface area contributed by atoms with Gasteiger partial charge in [0.05, 0.1) is 12.8 Å². The first kappa shape index (κ1) is 19.6. The third-order valence-corrected chi connectivity index (χ3v) is 2.48. The fraction of sp³-hybridized carbons (Fsp3) is 0.529. The number of hydrogen-bond acceptors (Lipinski definition) is 6. The van der Waals surface area contributed by atoms with Crippen molar-refractivity contribution in [2.24, 2.45) is 0 Å². The molecule has 134 valence electrons. The second-order valence-corrected chi connectivity index (χ2v) is 7.14. The quantitative estimate of drug-likeness (QED) is 0.833. The van der Waals surface area contributed by atoms with Crippen LogP contribution >= 0.6 is 0 Å². The zero-order valence-electron chi connectivity index (χ0n) is 15.3. The minimum absolute atomic E-state index is 0.507. The van der Waals surface area contributed by atoms with Crippen molar-refractivity contribution in [3.8, 4) is 5.75 Å². The van der Waals surface area contributed by atoms with Crippen LogP contribution in [0.2, 0.25) is 0 Å². The van der Waals surface area contributed by atoms with Crippen LogP contribution in [0.4, 0.5) is 15.3 Å². The summed E-state index contributed by atoms with van der Waals surface area (Å²) in [5.74, 6) is 0.654. The average Bonchev–Trinajstić information content (AvgIpc) is 2.41. The number of carbonyl (C=O) groups is 2. The zero-order valence-corrected chi connectivity index (χ0v) is 15.3. The van der Waals surface area contributed by atoms with Gasteiger partial charge in [0.25, 0.3) is 0 Å². The average molecular weight is 338 g/mol. The number of hydrogen-bond donors (Lipinski definition) is 1. The Morgan fingerprint density at radius 2 is 1.29 bits per heavy atom. The number of rotatable bonds is 3.